The molecule has 1 saturated carbocycles. The Kier molecular flexibility index (Phi) is 9.60. The van der Waals surface area contributed by atoms with E-state index in [4.69, 9.17) is 4.74 Å². The molecule has 4 aromatic carbocycles. The van der Waals surface area contributed by atoms with Crippen LogP contribution in [0.3, 0.4) is 0 Å². The van der Waals surface area contributed by atoms with Crippen LogP contribution in [0.15, 0.2) is 77.6 Å². The van der Waals surface area contributed by atoms with Gasteiger partial charge in [0.15, 0.2) is 5.82 Å². The van der Waals surface area contributed by atoms with Crippen molar-refractivity contribution in [3.63, 3.8) is 0 Å². The molecule has 0 radical (unpaired) electrons. The Balaban J connectivity index is 0.946. The molecule has 16 heteroatoms. The number of benzene rings is 4. The van der Waals surface area contributed by atoms with Crippen LogP contribution < -0.4 is 30.1 Å². The van der Waals surface area contributed by atoms with Gasteiger partial charge in [-0.15, -0.1) is 0 Å². The predicted molar refractivity (Wildman–Crippen MR) is 205 cm³/mol. The normalized spacial score (nSPS) is 20.9. The summed E-state index contributed by atoms with van der Waals surface area (Å²) >= 11 is 0. The van der Waals surface area contributed by atoms with Crippen molar-refractivity contribution in [2.45, 2.75) is 57.1 Å². The second-order valence-corrected chi connectivity index (χ2v) is 16.2. The molecular weight excluding hydrogens is 744 g/mol. The number of aryl methyl sites for hydroxylation is 1. The molecule has 3 heterocycles. The summed E-state index contributed by atoms with van der Waals surface area (Å²) in [5, 5.41) is 5.74. The summed E-state index contributed by atoms with van der Waals surface area (Å²) in [7, 11) is -2.67. The molecule has 0 spiro atoms. The SMILES string of the molecule is Cn1c(=O)n(C2CCC(=O)NC2=O)c2ccc(C3CCC(CNC(=O)c4ccc5c(F)c(N6CC(=O)NS6(=O)=O)c(OCc6ccccc6)cc5c4)CC3)cc21. The van der Waals surface area contributed by atoms with Crippen molar-refractivity contribution >= 4 is 61.3 Å². The van der Waals surface area contributed by atoms with Crippen LogP contribution in [0.4, 0.5) is 10.1 Å². The van der Waals surface area contributed by atoms with Crippen molar-refractivity contribution in [2.24, 2.45) is 13.0 Å². The highest BCUT2D eigenvalue weighted by atomic mass is 32.2. The molecule has 56 heavy (non-hydrogen) atoms. The Morgan fingerprint density at radius 2 is 1.68 bits per heavy atom. The largest absolute Gasteiger partial charge is 0.487 e. The highest BCUT2D eigenvalue weighted by molar-refractivity contribution is 7.92. The van der Waals surface area contributed by atoms with Crippen LogP contribution in [0, 0.1) is 11.7 Å². The Morgan fingerprint density at radius 3 is 2.39 bits per heavy atom. The van der Waals surface area contributed by atoms with Crippen LogP contribution in [0.5, 0.6) is 5.75 Å². The second-order valence-electron chi connectivity index (χ2n) is 14.6. The smallest absolute Gasteiger partial charge is 0.329 e. The zero-order valence-electron chi connectivity index (χ0n) is 30.4. The Labute approximate surface area is 320 Å². The number of hydrogen-bond donors (Lipinski definition) is 3. The van der Waals surface area contributed by atoms with Gasteiger partial charge in [-0.3, -0.25) is 33.6 Å². The van der Waals surface area contributed by atoms with E-state index < -0.39 is 46.1 Å². The van der Waals surface area contributed by atoms with E-state index in [0.717, 1.165) is 42.3 Å². The third-order valence-electron chi connectivity index (χ3n) is 11.1. The minimum atomic E-state index is -4.35. The van der Waals surface area contributed by atoms with Gasteiger partial charge in [-0.1, -0.05) is 42.5 Å². The van der Waals surface area contributed by atoms with E-state index in [9.17, 15) is 32.4 Å². The van der Waals surface area contributed by atoms with Crippen molar-refractivity contribution < 1.29 is 36.7 Å². The molecule has 2 aliphatic heterocycles. The number of carbonyl (C=O) groups excluding carboxylic acids is 4. The van der Waals surface area contributed by atoms with Crippen molar-refractivity contribution in [2.75, 3.05) is 17.4 Å². The number of aromatic nitrogens is 2. The first-order valence-electron chi connectivity index (χ1n) is 18.5. The van der Waals surface area contributed by atoms with Crippen molar-refractivity contribution in [1.29, 1.82) is 0 Å². The van der Waals surface area contributed by atoms with E-state index in [1.54, 1.807) is 23.7 Å². The minimum absolute atomic E-state index is 0.00281. The molecule has 2 saturated heterocycles. The number of rotatable bonds is 9. The molecule has 14 nitrogen and oxygen atoms in total. The Morgan fingerprint density at radius 1 is 0.911 bits per heavy atom. The number of nitrogens with one attached hydrogen (secondary N) is 3. The van der Waals surface area contributed by atoms with Gasteiger partial charge in [0.25, 0.3) is 11.8 Å². The summed E-state index contributed by atoms with van der Waals surface area (Å²) in [6, 6.07) is 20.1. The highest BCUT2D eigenvalue weighted by Gasteiger charge is 2.38. The standard InChI is InChI=1S/C40H39FN6O8S/c1-45-32-18-26(12-14-30(32)47(40(45)52)31-15-16-34(48)43-39(31)51)25-9-7-23(8-10-25)20-42-38(50)27-11-13-29-28(17-27)19-33(55-22-24-5-3-2-4-6-24)37(36(29)41)46-21-35(49)44-56(46,53)54/h2-6,11-14,17-19,23,25,31H,7-10,15-16,20-22H2,1H3,(H,42,50)(H,44,49)(H,43,48,51). The molecule has 1 aromatic heterocycles. The summed E-state index contributed by atoms with van der Waals surface area (Å²) in [5.41, 5.74) is 2.82. The molecule has 1 unspecified atom stereocenters. The maximum atomic E-state index is 16.2. The molecule has 1 aliphatic carbocycles. The number of ether oxygens (including phenoxy) is 1. The van der Waals surface area contributed by atoms with Gasteiger partial charge in [-0.05, 0) is 90.8 Å². The quantitative estimate of drug-likeness (QED) is 0.188. The Hall–Kier alpha value is -6.03. The number of hydrogen-bond acceptors (Lipinski definition) is 8. The monoisotopic (exact) mass is 782 g/mol. The fraction of sp³-hybridized carbons (Fsp3) is 0.325. The molecule has 0 bridgehead atoms. The lowest BCUT2D eigenvalue weighted by Gasteiger charge is -2.29. The number of carbonyl (C=O) groups is 4. The second kappa shape index (κ2) is 14.6. The van der Waals surface area contributed by atoms with E-state index in [2.05, 4.69) is 10.6 Å². The lowest BCUT2D eigenvalue weighted by Crippen LogP contribution is -2.44. The van der Waals surface area contributed by atoms with Crippen molar-refractivity contribution in [3.05, 3.63) is 106 Å². The van der Waals surface area contributed by atoms with Gasteiger partial charge in [0, 0.05) is 31.0 Å². The lowest BCUT2D eigenvalue weighted by atomic mass is 9.78. The first kappa shape index (κ1) is 36.9. The van der Waals surface area contributed by atoms with Gasteiger partial charge in [-0.25, -0.2) is 18.2 Å². The van der Waals surface area contributed by atoms with E-state index in [-0.39, 0.29) is 59.9 Å². The van der Waals surface area contributed by atoms with Crippen LogP contribution in [-0.4, -0.2) is 54.3 Å². The fourth-order valence-electron chi connectivity index (χ4n) is 8.10. The van der Waals surface area contributed by atoms with Crippen LogP contribution in [-0.2, 0) is 38.2 Å². The van der Waals surface area contributed by atoms with Gasteiger partial charge in [-0.2, -0.15) is 8.42 Å². The molecule has 8 rings (SSSR count). The Bertz CT molecular complexity index is 2600. The first-order chi connectivity index (χ1) is 26.9. The van der Waals surface area contributed by atoms with Crippen LogP contribution in [0.25, 0.3) is 21.8 Å². The van der Waals surface area contributed by atoms with Crippen molar-refractivity contribution in [1.82, 2.24) is 24.5 Å². The summed E-state index contributed by atoms with van der Waals surface area (Å²) in [4.78, 5) is 62.9. The molecule has 4 amide bonds. The van der Waals surface area contributed by atoms with Crippen molar-refractivity contribution in [3.8, 4) is 5.75 Å². The lowest BCUT2D eigenvalue weighted by molar-refractivity contribution is -0.135. The number of halogens is 1. The number of fused-ring (bicyclic) bond motifs is 2. The molecule has 3 N–H and O–H groups in total. The first-order valence-corrected chi connectivity index (χ1v) is 19.9. The molecule has 3 fully saturated rings. The minimum Gasteiger partial charge on any atom is -0.487 e. The average Bonchev–Trinajstić information content (AvgIpc) is 3.61. The van der Waals surface area contributed by atoms with Gasteiger partial charge in [0.2, 0.25) is 11.8 Å². The number of piperidine rings is 1. The van der Waals surface area contributed by atoms with Crippen LogP contribution in [0.1, 0.15) is 72.0 Å². The molecule has 290 valence electrons. The summed E-state index contributed by atoms with van der Waals surface area (Å²) < 4.78 is 53.2. The van der Waals surface area contributed by atoms with E-state index in [0.29, 0.717) is 27.3 Å². The fourth-order valence-corrected chi connectivity index (χ4v) is 9.26. The van der Waals surface area contributed by atoms with Gasteiger partial charge >= 0.3 is 15.9 Å². The topological polar surface area (TPSA) is 178 Å². The molecule has 3 aliphatic rings. The average molecular weight is 783 g/mol. The number of amides is 4. The highest BCUT2D eigenvalue weighted by Crippen LogP contribution is 2.40. The molecule has 1 atom stereocenters. The number of imidazole rings is 1. The van der Waals surface area contributed by atoms with Crippen LogP contribution >= 0.6 is 0 Å². The molecular formula is C40H39FN6O8S. The van der Waals surface area contributed by atoms with Gasteiger partial charge in [0.05, 0.1) is 11.0 Å². The summed E-state index contributed by atoms with van der Waals surface area (Å²) in [5.74, 6) is -2.46. The van der Waals surface area contributed by atoms with Crippen LogP contribution in [0.2, 0.25) is 0 Å². The zero-order valence-corrected chi connectivity index (χ0v) is 31.2. The number of imide groups is 1. The third-order valence-corrected chi connectivity index (χ3v) is 12.5. The zero-order chi connectivity index (χ0) is 39.3. The molecule has 5 aromatic rings. The maximum Gasteiger partial charge on any atom is 0.329 e. The number of anilines is 1. The van der Waals surface area contributed by atoms with E-state index in [1.165, 1.54) is 28.8 Å². The third kappa shape index (κ3) is 6.89. The van der Waals surface area contributed by atoms with E-state index >= 15 is 4.39 Å². The van der Waals surface area contributed by atoms with Gasteiger partial charge in [0.1, 0.15) is 30.6 Å². The number of nitrogens with zero attached hydrogens (tertiary/aromatic N) is 3. The predicted octanol–water partition coefficient (Wildman–Crippen LogP) is 4.07. The maximum absolute atomic E-state index is 16.2. The van der Waals surface area contributed by atoms with Gasteiger partial charge < -0.3 is 10.1 Å². The van der Waals surface area contributed by atoms with E-state index in [1.807, 2.05) is 41.1 Å². The summed E-state index contributed by atoms with van der Waals surface area (Å²) in [6.45, 7) is -0.160. The summed E-state index contributed by atoms with van der Waals surface area (Å²) in [6.07, 6.45) is 3.93.